The summed E-state index contributed by atoms with van der Waals surface area (Å²) in [5, 5.41) is 3.97. The number of aromatic nitrogens is 2. The quantitative estimate of drug-likeness (QED) is 0.287. The van der Waals surface area contributed by atoms with Crippen molar-refractivity contribution in [1.82, 2.24) is 14.5 Å². The molecule has 0 aliphatic carbocycles. The molecule has 4 heterocycles. The molecule has 4 aromatic rings. The number of thioether (sulfide) groups is 1. The van der Waals surface area contributed by atoms with Gasteiger partial charge in [-0.25, -0.2) is 4.98 Å². The van der Waals surface area contributed by atoms with Gasteiger partial charge in [0.1, 0.15) is 10.6 Å². The van der Waals surface area contributed by atoms with Crippen molar-refractivity contribution in [2.24, 2.45) is 0 Å². The second-order valence-electron chi connectivity index (χ2n) is 8.63. The van der Waals surface area contributed by atoms with Gasteiger partial charge in [0.2, 0.25) is 11.8 Å². The molecule has 10 heteroatoms. The van der Waals surface area contributed by atoms with Crippen LogP contribution in [0.5, 0.6) is 0 Å². The fraction of sp³-hybridized carbons (Fsp3) is 0.308. The van der Waals surface area contributed by atoms with E-state index in [1.165, 1.54) is 28.7 Å². The summed E-state index contributed by atoms with van der Waals surface area (Å²) in [5.74, 6) is 0.584. The van der Waals surface area contributed by atoms with E-state index in [0.29, 0.717) is 40.6 Å². The number of rotatable bonds is 7. The second kappa shape index (κ2) is 10.3. The Kier molecular flexibility index (Phi) is 6.97. The van der Waals surface area contributed by atoms with E-state index in [4.69, 9.17) is 9.40 Å². The molecule has 8 nitrogen and oxygen atoms in total. The standard InChI is InChI=1S/C26H26N4O4S2/c1-3-17-6-8-18(9-7-17)27-22(32)15-35-26-28-24-23(25(33)30(26)13-19-5-4-12-34-19)20-10-11-29(16(2)31)14-21(20)36-24/h4-9,12H,3,10-11,13-15H2,1-2H3,(H,27,32). The molecule has 1 N–H and O–H groups in total. The number of hydrogen-bond acceptors (Lipinski definition) is 7. The van der Waals surface area contributed by atoms with Crippen LogP contribution in [0.25, 0.3) is 10.2 Å². The highest BCUT2D eigenvalue weighted by Gasteiger charge is 2.26. The number of nitrogens with zero attached hydrogens (tertiary/aromatic N) is 3. The maximum Gasteiger partial charge on any atom is 0.263 e. The molecular weight excluding hydrogens is 496 g/mol. The highest BCUT2D eigenvalue weighted by atomic mass is 32.2. The molecule has 186 valence electrons. The van der Waals surface area contributed by atoms with Crippen LogP contribution in [-0.4, -0.2) is 38.6 Å². The van der Waals surface area contributed by atoms with E-state index >= 15 is 0 Å². The number of hydrogen-bond donors (Lipinski definition) is 1. The zero-order chi connectivity index (χ0) is 25.2. The second-order valence-corrected chi connectivity index (χ2v) is 10.7. The van der Waals surface area contributed by atoms with Crippen molar-refractivity contribution in [3.05, 3.63) is 74.8 Å². The highest BCUT2D eigenvalue weighted by Crippen LogP contribution is 2.34. The number of fused-ring (bicyclic) bond motifs is 3. The van der Waals surface area contributed by atoms with Gasteiger partial charge in [0.15, 0.2) is 5.16 Å². The first-order chi connectivity index (χ1) is 17.4. The molecule has 0 saturated carbocycles. The Balaban J connectivity index is 1.44. The van der Waals surface area contributed by atoms with Crippen LogP contribution in [0.15, 0.2) is 57.0 Å². The number of furan rings is 1. The van der Waals surface area contributed by atoms with E-state index < -0.39 is 0 Å². The summed E-state index contributed by atoms with van der Waals surface area (Å²) in [5.41, 5.74) is 2.76. The molecule has 0 saturated heterocycles. The number of anilines is 1. The van der Waals surface area contributed by atoms with Crippen molar-refractivity contribution < 1.29 is 14.0 Å². The Bertz CT molecular complexity index is 1470. The predicted octanol–water partition coefficient (Wildman–Crippen LogP) is 4.30. The largest absolute Gasteiger partial charge is 0.467 e. The SMILES string of the molecule is CCc1ccc(NC(=O)CSc2nc3sc4c(c3c(=O)n2Cc2ccco2)CCN(C(C)=O)C4)cc1. The lowest BCUT2D eigenvalue weighted by atomic mass is 10.1. The Morgan fingerprint density at radius 1 is 1.22 bits per heavy atom. The third-order valence-corrected chi connectivity index (χ3v) is 8.33. The van der Waals surface area contributed by atoms with Crippen molar-refractivity contribution in [3.8, 4) is 0 Å². The monoisotopic (exact) mass is 522 g/mol. The van der Waals surface area contributed by atoms with Crippen LogP contribution in [0, 0.1) is 0 Å². The molecule has 1 aliphatic rings. The first-order valence-corrected chi connectivity index (χ1v) is 13.6. The third kappa shape index (κ3) is 4.96. The number of carbonyl (C=O) groups is 2. The van der Waals surface area contributed by atoms with Crippen molar-refractivity contribution in [1.29, 1.82) is 0 Å². The number of aryl methyl sites for hydroxylation is 1. The fourth-order valence-corrected chi connectivity index (χ4v) is 6.36. The van der Waals surface area contributed by atoms with Crippen LogP contribution in [0.4, 0.5) is 5.69 Å². The number of thiophene rings is 1. The lowest BCUT2D eigenvalue weighted by molar-refractivity contribution is -0.129. The van der Waals surface area contributed by atoms with E-state index in [-0.39, 0.29) is 29.7 Å². The lowest BCUT2D eigenvalue weighted by Crippen LogP contribution is -2.34. The van der Waals surface area contributed by atoms with Gasteiger partial charge in [-0.05, 0) is 48.2 Å². The zero-order valence-electron chi connectivity index (χ0n) is 20.1. The van der Waals surface area contributed by atoms with Crippen LogP contribution in [0.2, 0.25) is 0 Å². The van der Waals surface area contributed by atoms with Gasteiger partial charge < -0.3 is 14.6 Å². The minimum Gasteiger partial charge on any atom is -0.467 e. The fourth-order valence-electron chi connectivity index (χ4n) is 4.29. The maximum atomic E-state index is 13.7. The van der Waals surface area contributed by atoms with Crippen LogP contribution in [0.3, 0.4) is 0 Å². The van der Waals surface area contributed by atoms with Gasteiger partial charge in [0, 0.05) is 24.0 Å². The first kappa shape index (κ1) is 24.3. The Morgan fingerprint density at radius 3 is 2.72 bits per heavy atom. The van der Waals surface area contributed by atoms with Crippen LogP contribution >= 0.6 is 23.1 Å². The Morgan fingerprint density at radius 2 is 2.03 bits per heavy atom. The molecule has 0 radical (unpaired) electrons. The van der Waals surface area contributed by atoms with Crippen LogP contribution < -0.4 is 10.9 Å². The summed E-state index contributed by atoms with van der Waals surface area (Å²) in [7, 11) is 0. The van der Waals surface area contributed by atoms with Gasteiger partial charge >= 0.3 is 0 Å². The summed E-state index contributed by atoms with van der Waals surface area (Å²) >= 11 is 2.68. The van der Waals surface area contributed by atoms with Crippen molar-refractivity contribution in [2.75, 3.05) is 17.6 Å². The predicted molar refractivity (Wildman–Crippen MR) is 142 cm³/mol. The Labute approximate surface area is 216 Å². The topological polar surface area (TPSA) is 97.4 Å². The van der Waals surface area contributed by atoms with E-state index in [1.54, 1.807) is 28.7 Å². The summed E-state index contributed by atoms with van der Waals surface area (Å²) in [6, 6.07) is 11.3. The van der Waals surface area contributed by atoms with E-state index in [0.717, 1.165) is 22.5 Å². The minimum atomic E-state index is -0.175. The molecule has 0 spiro atoms. The molecule has 0 atom stereocenters. The molecule has 3 aromatic heterocycles. The van der Waals surface area contributed by atoms with Crippen molar-refractivity contribution in [2.45, 2.75) is 44.9 Å². The zero-order valence-corrected chi connectivity index (χ0v) is 21.7. The van der Waals surface area contributed by atoms with Crippen LogP contribution in [0.1, 0.15) is 35.6 Å². The number of amides is 2. The average Bonchev–Trinajstić information content (AvgIpc) is 3.52. The van der Waals surface area contributed by atoms with E-state index in [9.17, 15) is 14.4 Å². The van der Waals surface area contributed by atoms with Gasteiger partial charge in [-0.3, -0.25) is 19.0 Å². The minimum absolute atomic E-state index is 0.0212. The number of benzene rings is 1. The van der Waals surface area contributed by atoms with Crippen LogP contribution in [-0.2, 0) is 35.5 Å². The number of carbonyl (C=O) groups excluding carboxylic acids is 2. The molecule has 1 aliphatic heterocycles. The first-order valence-electron chi connectivity index (χ1n) is 11.8. The molecule has 0 unspecified atom stereocenters. The lowest BCUT2D eigenvalue weighted by Gasteiger charge is -2.25. The van der Waals surface area contributed by atoms with Gasteiger partial charge in [-0.1, -0.05) is 30.8 Å². The van der Waals surface area contributed by atoms with Gasteiger partial charge in [-0.2, -0.15) is 0 Å². The summed E-state index contributed by atoms with van der Waals surface area (Å²) < 4.78 is 7.08. The molecule has 5 rings (SSSR count). The average molecular weight is 523 g/mol. The van der Waals surface area contributed by atoms with Gasteiger partial charge in [0.05, 0.1) is 30.5 Å². The van der Waals surface area contributed by atoms with Crippen molar-refractivity contribution in [3.63, 3.8) is 0 Å². The number of nitrogens with one attached hydrogen (secondary N) is 1. The molecule has 36 heavy (non-hydrogen) atoms. The molecule has 1 aromatic carbocycles. The Hall–Kier alpha value is -3.37. The van der Waals surface area contributed by atoms with Gasteiger partial charge in [0.25, 0.3) is 5.56 Å². The molecule has 2 amide bonds. The molecular formula is C26H26N4O4S2. The third-order valence-electron chi connectivity index (χ3n) is 6.24. The molecule has 0 bridgehead atoms. The smallest absolute Gasteiger partial charge is 0.263 e. The summed E-state index contributed by atoms with van der Waals surface area (Å²) in [6.07, 6.45) is 3.13. The van der Waals surface area contributed by atoms with Crippen molar-refractivity contribution >= 4 is 50.8 Å². The molecule has 0 fully saturated rings. The van der Waals surface area contributed by atoms with E-state index in [2.05, 4.69) is 12.2 Å². The normalized spacial score (nSPS) is 13.1. The van der Waals surface area contributed by atoms with Gasteiger partial charge in [-0.15, -0.1) is 11.3 Å². The summed E-state index contributed by atoms with van der Waals surface area (Å²) in [6.45, 7) is 4.94. The van der Waals surface area contributed by atoms with E-state index in [1.807, 2.05) is 30.3 Å². The summed E-state index contributed by atoms with van der Waals surface area (Å²) in [4.78, 5) is 46.5. The highest BCUT2D eigenvalue weighted by molar-refractivity contribution is 7.99. The maximum absolute atomic E-state index is 13.7.